The fourth-order valence-corrected chi connectivity index (χ4v) is 5.09. The largest absolute Gasteiger partial charge is 0.478 e. The number of carboxylic acid groups (broad SMARTS) is 1. The highest BCUT2D eigenvalue weighted by Crippen LogP contribution is 2.41. The van der Waals surface area contributed by atoms with Gasteiger partial charge in [0.15, 0.2) is 0 Å². The molecule has 2 aromatic rings. The maximum absolute atomic E-state index is 11.4. The summed E-state index contributed by atoms with van der Waals surface area (Å²) in [5.41, 5.74) is 8.63. The summed E-state index contributed by atoms with van der Waals surface area (Å²) in [4.78, 5) is 16.4. The van der Waals surface area contributed by atoms with E-state index in [0.29, 0.717) is 11.7 Å². The molecule has 1 atom stereocenters. The Morgan fingerprint density at radius 2 is 1.94 bits per heavy atom. The van der Waals surface area contributed by atoms with Crippen LogP contribution in [0.4, 0.5) is 5.69 Å². The van der Waals surface area contributed by atoms with Gasteiger partial charge in [0.05, 0.1) is 17.9 Å². The number of nitrogens with one attached hydrogen (secondary N) is 1. The Morgan fingerprint density at radius 3 is 2.72 bits per heavy atom. The lowest BCUT2D eigenvalue weighted by Crippen LogP contribution is -2.23. The van der Waals surface area contributed by atoms with Gasteiger partial charge in [-0.1, -0.05) is 24.3 Å². The first-order chi connectivity index (χ1) is 15.5. The maximum Gasteiger partial charge on any atom is 0.339 e. The number of benzene rings is 1. The fourth-order valence-electron chi connectivity index (χ4n) is 5.09. The lowest BCUT2D eigenvalue weighted by molar-refractivity contribution is 0.0696. The molecule has 1 aliphatic heterocycles. The standard InChI is InChI=1S/C26H28N4O2/c1-16-7-3-4-10-21(16)28-23-14-13-18-8-5-9-19(25(18)23)22-11-6-12-24(29-22)30-17(2)20(15-27-30)26(31)32/h3-4,7-8,10,12,15,23,28H,5-6,9,11,13-14H2,1-2H3,(H,31,32). The van der Waals surface area contributed by atoms with Gasteiger partial charge in [0.25, 0.3) is 0 Å². The van der Waals surface area contributed by atoms with Gasteiger partial charge in [-0.25, -0.2) is 14.5 Å². The third-order valence-electron chi connectivity index (χ3n) is 6.74. The van der Waals surface area contributed by atoms with Crippen LogP contribution in [0.2, 0.25) is 0 Å². The molecule has 0 amide bonds. The summed E-state index contributed by atoms with van der Waals surface area (Å²) in [6, 6.07) is 8.74. The predicted molar refractivity (Wildman–Crippen MR) is 127 cm³/mol. The summed E-state index contributed by atoms with van der Waals surface area (Å²) in [5.74, 6) is -0.237. The number of hydrogen-bond acceptors (Lipinski definition) is 4. The molecule has 5 rings (SSSR count). The summed E-state index contributed by atoms with van der Waals surface area (Å²) in [5, 5.41) is 17.5. The van der Waals surface area contributed by atoms with Gasteiger partial charge in [0, 0.05) is 11.4 Å². The number of aliphatic imine (C=N–C) groups is 1. The van der Waals surface area contributed by atoms with Crippen molar-refractivity contribution in [2.45, 2.75) is 58.4 Å². The number of para-hydroxylation sites is 1. The van der Waals surface area contributed by atoms with E-state index < -0.39 is 5.97 Å². The molecule has 3 aliphatic rings. The van der Waals surface area contributed by atoms with Crippen molar-refractivity contribution in [2.75, 3.05) is 5.32 Å². The molecule has 2 aliphatic carbocycles. The van der Waals surface area contributed by atoms with Crippen molar-refractivity contribution in [3.63, 3.8) is 0 Å². The number of hydrogen-bond donors (Lipinski definition) is 2. The number of aromatic carboxylic acids is 1. The molecular weight excluding hydrogens is 400 g/mol. The van der Waals surface area contributed by atoms with E-state index in [2.05, 4.69) is 53.8 Å². The van der Waals surface area contributed by atoms with Gasteiger partial charge >= 0.3 is 5.97 Å². The Labute approximate surface area is 188 Å². The number of aryl methyl sites for hydroxylation is 1. The molecule has 1 aromatic carbocycles. The van der Waals surface area contributed by atoms with E-state index >= 15 is 0 Å². The molecule has 1 fully saturated rings. The minimum atomic E-state index is -0.961. The number of fused-ring (bicyclic) bond motifs is 1. The zero-order valence-corrected chi connectivity index (χ0v) is 18.6. The van der Waals surface area contributed by atoms with Gasteiger partial charge in [0.1, 0.15) is 11.4 Å². The molecule has 1 saturated carbocycles. The maximum atomic E-state index is 11.4. The predicted octanol–water partition coefficient (Wildman–Crippen LogP) is 5.52. The Bertz CT molecular complexity index is 1210. The summed E-state index contributed by atoms with van der Waals surface area (Å²) < 4.78 is 1.66. The Kier molecular flexibility index (Phi) is 5.29. The zero-order valence-electron chi connectivity index (χ0n) is 18.6. The highest BCUT2D eigenvalue weighted by molar-refractivity contribution is 6.05. The van der Waals surface area contributed by atoms with Crippen molar-refractivity contribution in [1.29, 1.82) is 0 Å². The lowest BCUT2D eigenvalue weighted by atomic mass is 9.86. The van der Waals surface area contributed by atoms with Crippen molar-refractivity contribution in [3.05, 3.63) is 76.2 Å². The van der Waals surface area contributed by atoms with Gasteiger partial charge < -0.3 is 10.4 Å². The van der Waals surface area contributed by atoms with E-state index in [-0.39, 0.29) is 5.56 Å². The molecule has 1 unspecified atom stereocenters. The second-order valence-corrected chi connectivity index (χ2v) is 8.73. The van der Waals surface area contributed by atoms with Gasteiger partial charge in [-0.3, -0.25) is 0 Å². The molecule has 32 heavy (non-hydrogen) atoms. The Hall–Kier alpha value is -3.41. The van der Waals surface area contributed by atoms with Gasteiger partial charge in [-0.05, 0) is 86.8 Å². The lowest BCUT2D eigenvalue weighted by Gasteiger charge is -2.26. The highest BCUT2D eigenvalue weighted by Gasteiger charge is 2.32. The molecule has 0 radical (unpaired) electrons. The van der Waals surface area contributed by atoms with Crippen LogP contribution in [0.5, 0.6) is 0 Å². The molecule has 0 bridgehead atoms. The van der Waals surface area contributed by atoms with Gasteiger partial charge in [-0.15, -0.1) is 0 Å². The van der Waals surface area contributed by atoms with E-state index in [9.17, 15) is 9.90 Å². The Morgan fingerprint density at radius 1 is 1.12 bits per heavy atom. The summed E-state index contributed by atoms with van der Waals surface area (Å²) in [6.07, 6.45) is 11.9. The molecule has 0 saturated heterocycles. The number of carbonyl (C=O) groups is 1. The summed E-state index contributed by atoms with van der Waals surface area (Å²) in [6.45, 7) is 3.92. The van der Waals surface area contributed by atoms with E-state index in [1.165, 1.54) is 34.2 Å². The topological polar surface area (TPSA) is 79.5 Å². The van der Waals surface area contributed by atoms with Crippen LogP contribution in [0.3, 0.4) is 0 Å². The minimum absolute atomic E-state index is 0.219. The smallest absolute Gasteiger partial charge is 0.339 e. The van der Waals surface area contributed by atoms with Crippen LogP contribution >= 0.6 is 0 Å². The molecule has 0 spiro atoms. The van der Waals surface area contributed by atoms with Crippen LogP contribution in [0.25, 0.3) is 5.82 Å². The molecule has 2 heterocycles. The number of carboxylic acids is 1. The van der Waals surface area contributed by atoms with Crippen molar-refractivity contribution < 1.29 is 9.90 Å². The van der Waals surface area contributed by atoms with E-state index in [1.807, 2.05) is 0 Å². The van der Waals surface area contributed by atoms with Crippen LogP contribution in [0.1, 0.15) is 60.1 Å². The molecule has 164 valence electrons. The molecular formula is C26H28N4O2. The zero-order chi connectivity index (χ0) is 22.2. The van der Waals surface area contributed by atoms with Crippen molar-refractivity contribution in [1.82, 2.24) is 9.78 Å². The fraction of sp³-hybridized carbons (Fsp3) is 0.346. The average Bonchev–Trinajstić information content (AvgIpc) is 3.39. The molecule has 2 N–H and O–H groups in total. The summed E-state index contributed by atoms with van der Waals surface area (Å²) in [7, 11) is 0. The van der Waals surface area contributed by atoms with Crippen molar-refractivity contribution >= 4 is 23.2 Å². The Balaban J connectivity index is 1.51. The van der Waals surface area contributed by atoms with Crippen LogP contribution in [0.15, 0.2) is 64.3 Å². The monoisotopic (exact) mass is 428 g/mol. The number of anilines is 1. The van der Waals surface area contributed by atoms with Crippen LogP contribution < -0.4 is 5.32 Å². The van der Waals surface area contributed by atoms with E-state index in [1.54, 1.807) is 11.6 Å². The van der Waals surface area contributed by atoms with Crippen LogP contribution in [0, 0.1) is 13.8 Å². The first kappa shape index (κ1) is 20.5. The number of rotatable bonds is 5. The third-order valence-corrected chi connectivity index (χ3v) is 6.74. The van der Waals surface area contributed by atoms with Crippen molar-refractivity contribution in [3.8, 4) is 0 Å². The number of aromatic nitrogens is 2. The van der Waals surface area contributed by atoms with Crippen molar-refractivity contribution in [2.24, 2.45) is 4.99 Å². The molecule has 1 aromatic heterocycles. The van der Waals surface area contributed by atoms with E-state index in [0.717, 1.165) is 50.1 Å². The van der Waals surface area contributed by atoms with Gasteiger partial charge in [0.2, 0.25) is 0 Å². The summed E-state index contributed by atoms with van der Waals surface area (Å²) >= 11 is 0. The van der Waals surface area contributed by atoms with Crippen LogP contribution in [-0.2, 0) is 0 Å². The highest BCUT2D eigenvalue weighted by atomic mass is 16.4. The first-order valence-corrected chi connectivity index (χ1v) is 11.3. The first-order valence-electron chi connectivity index (χ1n) is 11.3. The quantitative estimate of drug-likeness (QED) is 0.657. The minimum Gasteiger partial charge on any atom is -0.478 e. The van der Waals surface area contributed by atoms with E-state index in [4.69, 9.17) is 4.99 Å². The second kappa shape index (κ2) is 8.26. The van der Waals surface area contributed by atoms with Crippen LogP contribution in [-0.4, -0.2) is 32.6 Å². The second-order valence-electron chi connectivity index (χ2n) is 8.73. The number of allylic oxidation sites excluding steroid dienone is 3. The SMILES string of the molecule is Cc1ccccc1NC1CCC2=CCCC(C3=NC(n4ncc(C(=O)O)c4C)=CCC3)=C21. The normalized spacial score (nSPS) is 20.4. The number of nitrogens with zero attached hydrogens (tertiary/aromatic N) is 3. The van der Waals surface area contributed by atoms with Gasteiger partial charge in [-0.2, -0.15) is 5.10 Å². The average molecular weight is 429 g/mol. The molecule has 6 heteroatoms. The third kappa shape index (κ3) is 3.60. The molecule has 6 nitrogen and oxygen atoms in total.